The van der Waals surface area contributed by atoms with Gasteiger partial charge in [-0.2, -0.15) is 0 Å². The molecule has 0 saturated heterocycles. The second-order valence-corrected chi connectivity index (χ2v) is 6.74. The third-order valence-corrected chi connectivity index (χ3v) is 6.24. The van der Waals surface area contributed by atoms with Gasteiger partial charge in [0.05, 0.1) is 0 Å². The molecule has 4 bridgehead atoms. The molecule has 1 heteroatoms. The number of fused-ring (bicyclic) bond motifs is 9. The van der Waals surface area contributed by atoms with Crippen LogP contribution in [-0.2, 0) is 4.74 Å². The second-order valence-electron chi connectivity index (χ2n) is 6.74. The van der Waals surface area contributed by atoms with Crippen molar-refractivity contribution in [3.63, 3.8) is 0 Å². The molecule has 7 unspecified atom stereocenters. The average Bonchev–Trinajstić information content (AvgIpc) is 3.07. The summed E-state index contributed by atoms with van der Waals surface area (Å²) in [4.78, 5) is 0. The minimum Gasteiger partial charge on any atom is -0.382 e. The number of hydrogen-bond acceptors (Lipinski definition) is 1. The highest BCUT2D eigenvalue weighted by Crippen LogP contribution is 2.67. The first-order valence-corrected chi connectivity index (χ1v) is 7.64. The lowest BCUT2D eigenvalue weighted by Crippen LogP contribution is -2.31. The second kappa shape index (κ2) is 3.85. The quantitative estimate of drug-likeness (QED) is 0.409. The first-order valence-electron chi connectivity index (χ1n) is 7.64. The fraction of sp³-hybridized carbons (Fsp3) is 0.875. The van der Waals surface area contributed by atoms with Gasteiger partial charge in [-0.05, 0) is 74.0 Å². The van der Waals surface area contributed by atoms with Gasteiger partial charge in [0.25, 0.3) is 0 Å². The first kappa shape index (κ1) is 10.6. The highest BCUT2D eigenvalue weighted by molar-refractivity contribution is 5.20. The molecule has 0 aromatic carbocycles. The molecule has 0 spiro atoms. The Morgan fingerprint density at radius 3 is 2.71 bits per heavy atom. The molecule has 4 rings (SSSR count). The largest absolute Gasteiger partial charge is 0.382 e. The van der Waals surface area contributed by atoms with Crippen molar-refractivity contribution in [3.05, 3.63) is 12.2 Å². The van der Waals surface area contributed by atoms with Gasteiger partial charge in [0, 0.05) is 13.2 Å². The molecule has 4 aliphatic carbocycles. The fourth-order valence-electron chi connectivity index (χ4n) is 5.86. The SMILES string of the molecule is CCOCCC1CC2CC1C1C3C=CC(C3)C21. The predicted octanol–water partition coefficient (Wildman–Crippen LogP) is 3.51. The third kappa shape index (κ3) is 1.41. The molecule has 0 aromatic heterocycles. The van der Waals surface area contributed by atoms with Gasteiger partial charge in [0.2, 0.25) is 0 Å². The Balaban J connectivity index is 1.46. The zero-order valence-electron chi connectivity index (χ0n) is 10.8. The number of rotatable bonds is 4. The van der Waals surface area contributed by atoms with E-state index in [0.29, 0.717) is 0 Å². The topological polar surface area (TPSA) is 9.23 Å². The first-order chi connectivity index (χ1) is 8.38. The van der Waals surface area contributed by atoms with Gasteiger partial charge in [-0.15, -0.1) is 0 Å². The standard InChI is InChI=1S/C16H24O/c1-2-17-6-5-10-7-13-9-14(10)16-12-4-3-11(8-12)15(13)16/h3-4,10-16H,2,5-9H2,1H3. The van der Waals surface area contributed by atoms with Crippen LogP contribution in [0.4, 0.5) is 0 Å². The van der Waals surface area contributed by atoms with Gasteiger partial charge in [0.1, 0.15) is 0 Å². The summed E-state index contributed by atoms with van der Waals surface area (Å²) >= 11 is 0. The highest BCUT2D eigenvalue weighted by Gasteiger charge is 2.60. The Morgan fingerprint density at radius 2 is 1.88 bits per heavy atom. The van der Waals surface area contributed by atoms with E-state index < -0.39 is 0 Å². The molecule has 94 valence electrons. The zero-order valence-corrected chi connectivity index (χ0v) is 10.8. The molecule has 4 aliphatic rings. The van der Waals surface area contributed by atoms with E-state index in [1.165, 1.54) is 19.3 Å². The smallest absolute Gasteiger partial charge is 0.0468 e. The van der Waals surface area contributed by atoms with Crippen molar-refractivity contribution in [2.75, 3.05) is 13.2 Å². The van der Waals surface area contributed by atoms with Crippen LogP contribution in [-0.4, -0.2) is 13.2 Å². The molecule has 1 nitrogen and oxygen atoms in total. The fourth-order valence-corrected chi connectivity index (χ4v) is 5.86. The van der Waals surface area contributed by atoms with Crippen molar-refractivity contribution in [3.8, 4) is 0 Å². The van der Waals surface area contributed by atoms with Gasteiger partial charge in [-0.25, -0.2) is 0 Å². The van der Waals surface area contributed by atoms with Crippen molar-refractivity contribution in [1.29, 1.82) is 0 Å². The molecule has 0 heterocycles. The van der Waals surface area contributed by atoms with Gasteiger partial charge in [-0.3, -0.25) is 0 Å². The van der Waals surface area contributed by atoms with Crippen LogP contribution in [0.25, 0.3) is 0 Å². The molecular weight excluding hydrogens is 208 g/mol. The van der Waals surface area contributed by atoms with Crippen LogP contribution < -0.4 is 0 Å². The van der Waals surface area contributed by atoms with Crippen LogP contribution in [0.5, 0.6) is 0 Å². The van der Waals surface area contributed by atoms with Crippen LogP contribution in [0.15, 0.2) is 12.2 Å². The highest BCUT2D eigenvalue weighted by atomic mass is 16.5. The lowest BCUT2D eigenvalue weighted by Gasteiger charge is -2.36. The Bertz CT molecular complexity index is 334. The maximum atomic E-state index is 5.56. The van der Waals surface area contributed by atoms with Gasteiger partial charge in [0.15, 0.2) is 0 Å². The zero-order chi connectivity index (χ0) is 11.4. The van der Waals surface area contributed by atoms with Crippen LogP contribution in [0.3, 0.4) is 0 Å². The van der Waals surface area contributed by atoms with E-state index in [-0.39, 0.29) is 0 Å². The summed E-state index contributed by atoms with van der Waals surface area (Å²) in [6, 6.07) is 0. The summed E-state index contributed by atoms with van der Waals surface area (Å²) in [5.74, 6) is 7.26. The third-order valence-electron chi connectivity index (χ3n) is 6.24. The van der Waals surface area contributed by atoms with E-state index in [1.54, 1.807) is 6.42 Å². The summed E-state index contributed by atoms with van der Waals surface area (Å²) in [7, 11) is 0. The number of hydrogen-bond donors (Lipinski definition) is 0. The molecule has 0 radical (unpaired) electrons. The summed E-state index contributed by atoms with van der Waals surface area (Å²) in [5.41, 5.74) is 0. The molecule has 17 heavy (non-hydrogen) atoms. The monoisotopic (exact) mass is 232 g/mol. The van der Waals surface area contributed by atoms with Gasteiger partial charge < -0.3 is 4.74 Å². The van der Waals surface area contributed by atoms with E-state index >= 15 is 0 Å². The van der Waals surface area contributed by atoms with E-state index in [2.05, 4.69) is 19.1 Å². The lowest BCUT2D eigenvalue weighted by molar-refractivity contribution is 0.0920. The van der Waals surface area contributed by atoms with E-state index in [4.69, 9.17) is 4.74 Å². The lowest BCUT2D eigenvalue weighted by atomic mass is 9.69. The van der Waals surface area contributed by atoms with Crippen molar-refractivity contribution >= 4 is 0 Å². The molecular formula is C16H24O. The van der Waals surface area contributed by atoms with Crippen LogP contribution in [0.1, 0.15) is 32.6 Å². The predicted molar refractivity (Wildman–Crippen MR) is 68.5 cm³/mol. The van der Waals surface area contributed by atoms with Gasteiger partial charge >= 0.3 is 0 Å². The van der Waals surface area contributed by atoms with E-state index in [0.717, 1.165) is 54.6 Å². The van der Waals surface area contributed by atoms with Crippen molar-refractivity contribution in [2.24, 2.45) is 41.4 Å². The Kier molecular flexibility index (Phi) is 2.40. The van der Waals surface area contributed by atoms with Gasteiger partial charge in [-0.1, -0.05) is 12.2 Å². The molecule has 0 amide bonds. The summed E-state index contributed by atoms with van der Waals surface area (Å²) in [5, 5.41) is 0. The van der Waals surface area contributed by atoms with Crippen molar-refractivity contribution in [2.45, 2.75) is 32.6 Å². The normalized spacial score (nSPS) is 53.6. The number of allylic oxidation sites excluding steroid dienone is 2. The Hall–Kier alpha value is -0.300. The van der Waals surface area contributed by atoms with Crippen LogP contribution in [0.2, 0.25) is 0 Å². The maximum absolute atomic E-state index is 5.56. The number of ether oxygens (including phenoxy) is 1. The van der Waals surface area contributed by atoms with Crippen LogP contribution >= 0.6 is 0 Å². The van der Waals surface area contributed by atoms with Crippen molar-refractivity contribution in [1.82, 2.24) is 0 Å². The average molecular weight is 232 g/mol. The molecule has 0 aromatic rings. The minimum atomic E-state index is 0.889. The molecule has 3 fully saturated rings. The molecule has 0 N–H and O–H groups in total. The Morgan fingerprint density at radius 1 is 1.06 bits per heavy atom. The van der Waals surface area contributed by atoms with E-state index in [9.17, 15) is 0 Å². The molecule has 3 saturated carbocycles. The Labute approximate surface area is 105 Å². The van der Waals surface area contributed by atoms with Crippen LogP contribution in [0, 0.1) is 41.4 Å². The summed E-state index contributed by atoms with van der Waals surface area (Å²) in [6.07, 6.45) is 11.0. The summed E-state index contributed by atoms with van der Waals surface area (Å²) in [6.45, 7) is 4.00. The summed E-state index contributed by atoms with van der Waals surface area (Å²) < 4.78 is 5.56. The van der Waals surface area contributed by atoms with E-state index in [1.807, 2.05) is 0 Å². The maximum Gasteiger partial charge on any atom is 0.0468 e. The molecule has 0 aliphatic heterocycles. The minimum absolute atomic E-state index is 0.889. The molecule has 7 atom stereocenters. The van der Waals surface area contributed by atoms with Crippen molar-refractivity contribution < 1.29 is 4.74 Å².